The third-order valence-electron chi connectivity index (χ3n) is 2.44. The van der Waals surface area contributed by atoms with Crippen LogP contribution < -0.4 is 10.6 Å². The molecular formula is C10H14BrClN2OS. The second-order valence-electron chi connectivity index (χ2n) is 3.57. The molecule has 6 heteroatoms. The van der Waals surface area contributed by atoms with Gasteiger partial charge in [-0.1, -0.05) is 0 Å². The van der Waals surface area contributed by atoms with E-state index in [1.54, 1.807) is 11.3 Å². The molecule has 0 bridgehead atoms. The molecule has 0 radical (unpaired) electrons. The molecule has 90 valence electrons. The molecule has 1 amide bonds. The second-order valence-corrected chi connectivity index (χ2v) is 6.12. The van der Waals surface area contributed by atoms with Gasteiger partial charge in [0.1, 0.15) is 0 Å². The molecule has 1 aliphatic heterocycles. The monoisotopic (exact) mass is 324 g/mol. The number of carbonyl (C=O) groups is 1. The van der Waals surface area contributed by atoms with Crippen molar-refractivity contribution in [3.63, 3.8) is 0 Å². The quantitative estimate of drug-likeness (QED) is 0.895. The number of carbonyl (C=O) groups excluding carboxylic acids is 1. The first kappa shape index (κ1) is 14.0. The molecule has 0 saturated carbocycles. The first-order valence-corrected chi connectivity index (χ1v) is 6.62. The highest BCUT2D eigenvalue weighted by Crippen LogP contribution is 2.21. The summed E-state index contributed by atoms with van der Waals surface area (Å²) in [6.07, 6.45) is 2.06. The van der Waals surface area contributed by atoms with Crippen LogP contribution in [0.15, 0.2) is 15.9 Å². The number of hydrogen-bond donors (Lipinski definition) is 2. The van der Waals surface area contributed by atoms with Crippen LogP contribution >= 0.6 is 39.7 Å². The van der Waals surface area contributed by atoms with E-state index in [4.69, 9.17) is 0 Å². The van der Waals surface area contributed by atoms with E-state index >= 15 is 0 Å². The average molecular weight is 326 g/mol. The Morgan fingerprint density at radius 2 is 2.44 bits per heavy atom. The van der Waals surface area contributed by atoms with Crippen LogP contribution in [0.5, 0.6) is 0 Å². The molecule has 0 unspecified atom stereocenters. The van der Waals surface area contributed by atoms with Gasteiger partial charge in [0.05, 0.1) is 16.4 Å². The average Bonchev–Trinajstić information content (AvgIpc) is 2.84. The molecule has 1 aromatic rings. The molecule has 3 nitrogen and oxygen atoms in total. The summed E-state index contributed by atoms with van der Waals surface area (Å²) in [5, 5.41) is 6.12. The highest BCUT2D eigenvalue weighted by molar-refractivity contribution is 9.11. The van der Waals surface area contributed by atoms with Gasteiger partial charge in [-0.05, 0) is 47.4 Å². The number of rotatable bonds is 3. The standard InChI is InChI=1S/C10H13BrN2OS.ClH/c11-9-4-3-7(15-9)6-13-10(14)8-2-1-5-12-8;/h3-4,8,12H,1-2,5-6H2,(H,13,14);1H/t8-;/m0./s1. The number of amides is 1. The summed E-state index contributed by atoms with van der Waals surface area (Å²) in [6.45, 7) is 1.59. The Kier molecular flexibility index (Phi) is 5.75. The molecule has 1 aromatic heterocycles. The van der Waals surface area contributed by atoms with Gasteiger partial charge in [-0.25, -0.2) is 0 Å². The van der Waals surface area contributed by atoms with Crippen molar-refractivity contribution in [2.45, 2.75) is 25.4 Å². The van der Waals surface area contributed by atoms with Gasteiger partial charge in [0.15, 0.2) is 0 Å². The lowest BCUT2D eigenvalue weighted by Gasteiger charge is -2.09. The summed E-state index contributed by atoms with van der Waals surface area (Å²) in [7, 11) is 0. The third-order valence-corrected chi connectivity index (χ3v) is 4.07. The summed E-state index contributed by atoms with van der Waals surface area (Å²) >= 11 is 5.05. The molecule has 2 rings (SSSR count). The smallest absolute Gasteiger partial charge is 0.237 e. The Balaban J connectivity index is 0.00000128. The number of thiophene rings is 1. The Bertz CT molecular complexity index is 352. The predicted octanol–water partition coefficient (Wildman–Crippen LogP) is 2.30. The lowest BCUT2D eigenvalue weighted by molar-refractivity contribution is -0.122. The summed E-state index contributed by atoms with van der Waals surface area (Å²) in [4.78, 5) is 12.8. The predicted molar refractivity (Wildman–Crippen MR) is 72.1 cm³/mol. The molecule has 0 spiro atoms. The van der Waals surface area contributed by atoms with E-state index in [2.05, 4.69) is 26.6 Å². The number of hydrogen-bond acceptors (Lipinski definition) is 3. The highest BCUT2D eigenvalue weighted by Gasteiger charge is 2.21. The van der Waals surface area contributed by atoms with Crippen LogP contribution in [-0.4, -0.2) is 18.5 Å². The Hall–Kier alpha value is -0.100. The third kappa shape index (κ3) is 3.73. The van der Waals surface area contributed by atoms with Crippen molar-refractivity contribution in [3.05, 3.63) is 20.8 Å². The maximum Gasteiger partial charge on any atom is 0.237 e. The zero-order chi connectivity index (χ0) is 10.7. The van der Waals surface area contributed by atoms with Crippen molar-refractivity contribution in [3.8, 4) is 0 Å². The van der Waals surface area contributed by atoms with Gasteiger partial charge in [-0.2, -0.15) is 0 Å². The van der Waals surface area contributed by atoms with E-state index in [0.717, 1.165) is 23.2 Å². The zero-order valence-corrected chi connectivity index (χ0v) is 11.9. The minimum absolute atomic E-state index is 0. The molecule has 16 heavy (non-hydrogen) atoms. The van der Waals surface area contributed by atoms with E-state index in [-0.39, 0.29) is 24.4 Å². The fraction of sp³-hybridized carbons (Fsp3) is 0.500. The molecule has 2 heterocycles. The maximum absolute atomic E-state index is 11.6. The lowest BCUT2D eigenvalue weighted by Crippen LogP contribution is -2.39. The summed E-state index contributed by atoms with van der Waals surface area (Å²) in [5.41, 5.74) is 0. The van der Waals surface area contributed by atoms with Crippen LogP contribution in [0.25, 0.3) is 0 Å². The van der Waals surface area contributed by atoms with Gasteiger partial charge in [-0.3, -0.25) is 4.79 Å². The van der Waals surface area contributed by atoms with Crippen LogP contribution in [0.4, 0.5) is 0 Å². The van der Waals surface area contributed by atoms with Gasteiger partial charge >= 0.3 is 0 Å². The Labute approximate surface area is 114 Å². The minimum Gasteiger partial charge on any atom is -0.350 e. The van der Waals surface area contributed by atoms with E-state index < -0.39 is 0 Å². The normalized spacial score (nSPS) is 19.2. The fourth-order valence-electron chi connectivity index (χ4n) is 1.65. The van der Waals surface area contributed by atoms with Crippen molar-refractivity contribution in [2.75, 3.05) is 6.54 Å². The second kappa shape index (κ2) is 6.59. The van der Waals surface area contributed by atoms with Crippen molar-refractivity contribution >= 4 is 45.6 Å². The molecule has 0 aromatic carbocycles. The first-order chi connectivity index (χ1) is 7.25. The highest BCUT2D eigenvalue weighted by atomic mass is 79.9. The molecule has 2 N–H and O–H groups in total. The summed E-state index contributed by atoms with van der Waals surface area (Å²) in [5.74, 6) is 0.122. The van der Waals surface area contributed by atoms with Crippen LogP contribution in [-0.2, 0) is 11.3 Å². The lowest BCUT2D eigenvalue weighted by atomic mass is 10.2. The molecule has 1 atom stereocenters. The van der Waals surface area contributed by atoms with Gasteiger partial charge in [0.2, 0.25) is 5.91 Å². The van der Waals surface area contributed by atoms with Crippen molar-refractivity contribution in [1.82, 2.24) is 10.6 Å². The van der Waals surface area contributed by atoms with Crippen LogP contribution in [0.3, 0.4) is 0 Å². The molecule has 0 aliphatic carbocycles. The number of nitrogens with one attached hydrogen (secondary N) is 2. The maximum atomic E-state index is 11.6. The first-order valence-electron chi connectivity index (χ1n) is 5.01. The van der Waals surface area contributed by atoms with Crippen LogP contribution in [0, 0.1) is 0 Å². The topological polar surface area (TPSA) is 41.1 Å². The Morgan fingerprint density at radius 3 is 3.00 bits per heavy atom. The summed E-state index contributed by atoms with van der Waals surface area (Å²) in [6, 6.07) is 4.05. The van der Waals surface area contributed by atoms with Crippen molar-refractivity contribution < 1.29 is 4.79 Å². The van der Waals surface area contributed by atoms with Gasteiger partial charge in [0, 0.05) is 4.88 Å². The zero-order valence-electron chi connectivity index (χ0n) is 8.66. The fourth-order valence-corrected chi connectivity index (χ4v) is 3.08. The minimum atomic E-state index is 0. The van der Waals surface area contributed by atoms with Crippen molar-refractivity contribution in [1.29, 1.82) is 0 Å². The van der Waals surface area contributed by atoms with Gasteiger partial charge < -0.3 is 10.6 Å². The Morgan fingerprint density at radius 1 is 1.62 bits per heavy atom. The van der Waals surface area contributed by atoms with E-state index in [9.17, 15) is 4.79 Å². The van der Waals surface area contributed by atoms with Crippen LogP contribution in [0.1, 0.15) is 17.7 Å². The van der Waals surface area contributed by atoms with Crippen molar-refractivity contribution in [2.24, 2.45) is 0 Å². The summed E-state index contributed by atoms with van der Waals surface area (Å²) < 4.78 is 1.10. The van der Waals surface area contributed by atoms with Gasteiger partial charge in [0.25, 0.3) is 0 Å². The SMILES string of the molecule is Cl.O=C(NCc1ccc(Br)s1)[C@@H]1CCCN1. The largest absolute Gasteiger partial charge is 0.350 e. The van der Waals surface area contributed by atoms with E-state index in [1.807, 2.05) is 12.1 Å². The van der Waals surface area contributed by atoms with E-state index in [0.29, 0.717) is 6.54 Å². The molecule has 1 saturated heterocycles. The molecule has 1 fully saturated rings. The van der Waals surface area contributed by atoms with Gasteiger partial charge in [-0.15, -0.1) is 23.7 Å². The number of halogens is 2. The van der Waals surface area contributed by atoms with E-state index in [1.165, 1.54) is 4.88 Å². The molecular weight excluding hydrogens is 312 g/mol. The molecule has 1 aliphatic rings. The van der Waals surface area contributed by atoms with Crippen LogP contribution in [0.2, 0.25) is 0 Å².